The van der Waals surface area contributed by atoms with Crippen LogP contribution in [-0.2, 0) is 30.7 Å². The van der Waals surface area contributed by atoms with Crippen LogP contribution in [0.5, 0.6) is 0 Å². The Balaban J connectivity index is 1.98. The van der Waals surface area contributed by atoms with Gasteiger partial charge in [0.2, 0.25) is 5.91 Å². The molecule has 0 radical (unpaired) electrons. The highest BCUT2D eigenvalue weighted by Gasteiger charge is 2.23. The Labute approximate surface area is 205 Å². The van der Waals surface area contributed by atoms with E-state index >= 15 is 0 Å². The summed E-state index contributed by atoms with van der Waals surface area (Å²) in [5.74, 6) is -2.66. The molecule has 0 saturated heterocycles. The maximum atomic E-state index is 13.5. The number of sulfone groups is 1. The van der Waals surface area contributed by atoms with Gasteiger partial charge in [-0.15, -0.1) is 10.1 Å². The Morgan fingerprint density at radius 3 is 2.31 bits per heavy atom. The molecule has 2 N–H and O–H groups in total. The van der Waals surface area contributed by atoms with Crippen molar-refractivity contribution in [2.45, 2.75) is 24.3 Å². The minimum Gasteiger partial charge on any atom is -0.480 e. The SMILES string of the molecule is Cc1c(CC(=O)N[C@H](CO[N+](=O)[O-])C(=O)O)cc(-c2ccc(S(C)(=O)=O)cc2)n1-c1ccc(F)cc1. The first-order valence-electron chi connectivity index (χ1n) is 10.4. The van der Waals surface area contributed by atoms with Gasteiger partial charge in [-0.2, -0.15) is 0 Å². The lowest BCUT2D eigenvalue weighted by molar-refractivity contribution is -0.757. The number of benzene rings is 2. The second-order valence-corrected chi connectivity index (χ2v) is 9.92. The van der Waals surface area contributed by atoms with E-state index in [4.69, 9.17) is 0 Å². The van der Waals surface area contributed by atoms with Crippen molar-refractivity contribution in [3.8, 4) is 16.9 Å². The number of aliphatic carboxylic acids is 1. The van der Waals surface area contributed by atoms with Gasteiger partial charge < -0.3 is 19.8 Å². The van der Waals surface area contributed by atoms with Crippen LogP contribution in [0.2, 0.25) is 0 Å². The zero-order valence-corrected chi connectivity index (χ0v) is 20.0. The van der Waals surface area contributed by atoms with E-state index < -0.39 is 45.3 Å². The highest BCUT2D eigenvalue weighted by Crippen LogP contribution is 2.30. The molecule has 0 aliphatic carbocycles. The first-order chi connectivity index (χ1) is 16.9. The van der Waals surface area contributed by atoms with Crippen LogP contribution in [-0.4, -0.2) is 54.0 Å². The summed E-state index contributed by atoms with van der Waals surface area (Å²) in [7, 11) is -3.42. The Hall–Kier alpha value is -4.26. The van der Waals surface area contributed by atoms with E-state index in [-0.39, 0.29) is 11.3 Å². The van der Waals surface area contributed by atoms with E-state index in [9.17, 15) is 37.6 Å². The van der Waals surface area contributed by atoms with Gasteiger partial charge in [0, 0.05) is 17.6 Å². The number of rotatable bonds is 10. The van der Waals surface area contributed by atoms with Crippen LogP contribution < -0.4 is 5.32 Å². The lowest BCUT2D eigenvalue weighted by Gasteiger charge is -2.14. The molecule has 1 aromatic heterocycles. The topological polar surface area (TPSA) is 158 Å². The third kappa shape index (κ3) is 6.24. The van der Waals surface area contributed by atoms with Gasteiger partial charge in [-0.3, -0.25) is 4.79 Å². The summed E-state index contributed by atoms with van der Waals surface area (Å²) in [5, 5.41) is 20.6. The molecule has 1 amide bonds. The van der Waals surface area contributed by atoms with Gasteiger partial charge in [-0.25, -0.2) is 17.6 Å². The molecule has 0 saturated carbocycles. The van der Waals surface area contributed by atoms with Gasteiger partial charge in [0.1, 0.15) is 12.4 Å². The van der Waals surface area contributed by atoms with E-state index in [0.717, 1.165) is 6.26 Å². The Morgan fingerprint density at radius 2 is 1.78 bits per heavy atom. The standard InChI is InChI=1S/C23H22FN3O8S/c1-14-16(12-22(28)25-20(23(29)30)13-35-27(31)32)11-21(26(14)18-7-5-17(24)6-8-18)15-3-9-19(10-4-15)36(2,33)34/h3-11,20H,12-13H2,1-2H3,(H,25,28)(H,29,30)/t20-/m1/s1. The summed E-state index contributed by atoms with van der Waals surface area (Å²) in [6, 6.07) is 11.8. The maximum absolute atomic E-state index is 13.5. The van der Waals surface area contributed by atoms with Crippen LogP contribution in [0.25, 0.3) is 16.9 Å². The number of carbonyl (C=O) groups excluding carboxylic acids is 1. The second-order valence-electron chi connectivity index (χ2n) is 7.90. The quantitative estimate of drug-likeness (QED) is 0.305. The largest absolute Gasteiger partial charge is 0.480 e. The molecule has 3 rings (SSSR count). The molecule has 11 nitrogen and oxygen atoms in total. The second kappa shape index (κ2) is 10.6. The van der Waals surface area contributed by atoms with Crippen LogP contribution >= 0.6 is 0 Å². The van der Waals surface area contributed by atoms with Crippen molar-refractivity contribution in [2.24, 2.45) is 0 Å². The summed E-state index contributed by atoms with van der Waals surface area (Å²) in [4.78, 5) is 38.5. The van der Waals surface area contributed by atoms with E-state index in [1.54, 1.807) is 29.7 Å². The molecular formula is C23H22FN3O8S. The highest BCUT2D eigenvalue weighted by atomic mass is 32.2. The molecule has 1 heterocycles. The van der Waals surface area contributed by atoms with E-state index in [2.05, 4.69) is 10.2 Å². The van der Waals surface area contributed by atoms with Crippen LogP contribution in [0.4, 0.5) is 4.39 Å². The number of amides is 1. The van der Waals surface area contributed by atoms with Crippen molar-refractivity contribution in [2.75, 3.05) is 12.9 Å². The number of halogens is 1. The average molecular weight is 520 g/mol. The highest BCUT2D eigenvalue weighted by molar-refractivity contribution is 7.90. The number of hydrogen-bond donors (Lipinski definition) is 2. The predicted molar refractivity (Wildman–Crippen MR) is 125 cm³/mol. The molecular weight excluding hydrogens is 497 g/mol. The van der Waals surface area contributed by atoms with Crippen molar-refractivity contribution >= 4 is 21.7 Å². The molecule has 2 aromatic carbocycles. The van der Waals surface area contributed by atoms with Crippen molar-refractivity contribution < 1.29 is 37.4 Å². The smallest absolute Gasteiger partial charge is 0.328 e. The molecule has 0 fully saturated rings. The van der Waals surface area contributed by atoms with Gasteiger partial charge in [0.25, 0.3) is 5.09 Å². The minimum absolute atomic E-state index is 0.124. The lowest BCUT2D eigenvalue weighted by atomic mass is 10.1. The van der Waals surface area contributed by atoms with Crippen LogP contribution in [0.3, 0.4) is 0 Å². The molecule has 0 spiro atoms. The number of carboxylic acid groups (broad SMARTS) is 1. The van der Waals surface area contributed by atoms with Crippen molar-refractivity contribution in [3.05, 3.63) is 81.8 Å². The summed E-state index contributed by atoms with van der Waals surface area (Å²) >= 11 is 0. The number of nitrogens with zero attached hydrogens (tertiary/aromatic N) is 2. The van der Waals surface area contributed by atoms with Gasteiger partial charge in [-0.1, -0.05) is 12.1 Å². The van der Waals surface area contributed by atoms with Crippen LogP contribution in [0.1, 0.15) is 11.3 Å². The molecule has 190 valence electrons. The van der Waals surface area contributed by atoms with Gasteiger partial charge in [0.15, 0.2) is 15.9 Å². The molecule has 0 bridgehead atoms. The normalized spacial score (nSPS) is 12.1. The van der Waals surface area contributed by atoms with Gasteiger partial charge in [0.05, 0.1) is 17.0 Å². The Kier molecular flexibility index (Phi) is 7.73. The number of hydrogen-bond acceptors (Lipinski definition) is 7. The van der Waals surface area contributed by atoms with Gasteiger partial charge >= 0.3 is 5.97 Å². The average Bonchev–Trinajstić information content (AvgIpc) is 3.12. The zero-order chi connectivity index (χ0) is 26.6. The Bertz CT molecular complexity index is 1400. The van der Waals surface area contributed by atoms with Crippen molar-refractivity contribution in [3.63, 3.8) is 0 Å². The fourth-order valence-corrected chi connectivity index (χ4v) is 4.20. The lowest BCUT2D eigenvalue weighted by Crippen LogP contribution is -2.45. The van der Waals surface area contributed by atoms with Crippen molar-refractivity contribution in [1.82, 2.24) is 9.88 Å². The summed E-state index contributed by atoms with van der Waals surface area (Å²) in [5.41, 5.74) is 2.86. The third-order valence-corrected chi connectivity index (χ3v) is 6.47. The molecule has 0 aliphatic heterocycles. The fourth-order valence-electron chi connectivity index (χ4n) is 3.57. The van der Waals surface area contributed by atoms with Crippen LogP contribution in [0.15, 0.2) is 59.5 Å². The van der Waals surface area contributed by atoms with E-state index in [1.807, 2.05) is 0 Å². The number of carboxylic acids is 1. The first kappa shape index (κ1) is 26.3. The zero-order valence-electron chi connectivity index (χ0n) is 19.2. The Morgan fingerprint density at radius 1 is 1.17 bits per heavy atom. The molecule has 1 atom stereocenters. The molecule has 0 aliphatic rings. The summed E-state index contributed by atoms with van der Waals surface area (Å²) in [6.45, 7) is 0.854. The number of carbonyl (C=O) groups is 2. The van der Waals surface area contributed by atoms with E-state index in [0.29, 0.717) is 28.2 Å². The maximum Gasteiger partial charge on any atom is 0.328 e. The molecule has 0 unspecified atom stereocenters. The first-order valence-corrected chi connectivity index (χ1v) is 12.3. The summed E-state index contributed by atoms with van der Waals surface area (Å²) in [6.07, 6.45) is 0.821. The number of aromatic nitrogens is 1. The van der Waals surface area contributed by atoms with Crippen molar-refractivity contribution in [1.29, 1.82) is 0 Å². The van der Waals surface area contributed by atoms with E-state index in [1.165, 1.54) is 36.4 Å². The molecule has 3 aromatic rings. The third-order valence-electron chi connectivity index (χ3n) is 5.35. The minimum atomic E-state index is -3.42. The molecule has 13 heteroatoms. The monoisotopic (exact) mass is 519 g/mol. The predicted octanol–water partition coefficient (Wildman–Crippen LogP) is 2.32. The van der Waals surface area contributed by atoms with Crippen LogP contribution in [0, 0.1) is 22.9 Å². The fraction of sp³-hybridized carbons (Fsp3) is 0.217. The van der Waals surface area contributed by atoms with Gasteiger partial charge in [-0.05, 0) is 60.5 Å². The molecule has 36 heavy (non-hydrogen) atoms. The summed E-state index contributed by atoms with van der Waals surface area (Å²) < 4.78 is 38.9. The number of nitrogens with one attached hydrogen (secondary N) is 1.